The fraction of sp³-hybridized carbons (Fsp3) is 0.167. The summed E-state index contributed by atoms with van der Waals surface area (Å²) in [6.45, 7) is 0. The van der Waals surface area contributed by atoms with E-state index in [0.717, 1.165) is 5.56 Å². The number of methoxy groups -OCH3 is 4. The van der Waals surface area contributed by atoms with Crippen molar-refractivity contribution in [2.45, 2.75) is 0 Å². The van der Waals surface area contributed by atoms with Crippen molar-refractivity contribution in [3.05, 3.63) is 53.6 Å². The molecule has 7 nitrogen and oxygen atoms in total. The predicted molar refractivity (Wildman–Crippen MR) is 117 cm³/mol. The summed E-state index contributed by atoms with van der Waals surface area (Å²) in [6, 6.07) is 16.8. The molecule has 3 aromatic carbocycles. The maximum atomic E-state index is 9.82. The summed E-state index contributed by atoms with van der Waals surface area (Å²) in [4.78, 5) is 0. The van der Waals surface area contributed by atoms with E-state index in [2.05, 4.69) is 12.1 Å². The first-order valence-corrected chi connectivity index (χ1v) is 9.24. The van der Waals surface area contributed by atoms with Crippen LogP contribution in [0.4, 0.5) is 5.69 Å². The van der Waals surface area contributed by atoms with Gasteiger partial charge in [0.2, 0.25) is 5.75 Å². The van der Waals surface area contributed by atoms with E-state index in [1.54, 1.807) is 37.4 Å². The fourth-order valence-electron chi connectivity index (χ4n) is 3.41. The Morgan fingerprint density at radius 3 is 1.61 bits per heavy atom. The SMILES string of the molecule is COc1ccc(-c2cc(-c3cc(OC)c(OC)c(OC)c3)c(C#N)c(N)c2C#N)cc1. The van der Waals surface area contributed by atoms with Crippen LogP contribution in [-0.2, 0) is 0 Å². The highest BCUT2D eigenvalue weighted by molar-refractivity contribution is 5.90. The second kappa shape index (κ2) is 8.98. The maximum Gasteiger partial charge on any atom is 0.203 e. The van der Waals surface area contributed by atoms with E-state index in [1.165, 1.54) is 21.3 Å². The zero-order valence-corrected chi connectivity index (χ0v) is 17.6. The molecule has 0 fully saturated rings. The van der Waals surface area contributed by atoms with Crippen LogP contribution in [0.3, 0.4) is 0 Å². The smallest absolute Gasteiger partial charge is 0.203 e. The lowest BCUT2D eigenvalue weighted by Gasteiger charge is -2.17. The number of nitrogens with zero attached hydrogens (tertiary/aromatic N) is 2. The van der Waals surface area contributed by atoms with Gasteiger partial charge in [-0.05, 0) is 41.5 Å². The molecular weight excluding hydrogens is 394 g/mol. The van der Waals surface area contributed by atoms with Gasteiger partial charge in [-0.2, -0.15) is 10.5 Å². The van der Waals surface area contributed by atoms with Crippen molar-refractivity contribution < 1.29 is 18.9 Å². The van der Waals surface area contributed by atoms with Gasteiger partial charge in [-0.3, -0.25) is 0 Å². The molecule has 3 aromatic rings. The summed E-state index contributed by atoms with van der Waals surface area (Å²) < 4.78 is 21.5. The monoisotopic (exact) mass is 415 g/mol. The first-order valence-electron chi connectivity index (χ1n) is 9.24. The number of nitrogens with two attached hydrogens (primary N) is 1. The molecule has 0 aliphatic carbocycles. The highest BCUT2D eigenvalue weighted by atomic mass is 16.5. The molecule has 0 radical (unpaired) electrons. The zero-order valence-electron chi connectivity index (χ0n) is 17.6. The maximum absolute atomic E-state index is 9.82. The van der Waals surface area contributed by atoms with Gasteiger partial charge >= 0.3 is 0 Å². The van der Waals surface area contributed by atoms with Gasteiger partial charge in [-0.1, -0.05) is 12.1 Å². The lowest BCUT2D eigenvalue weighted by atomic mass is 9.89. The molecule has 31 heavy (non-hydrogen) atoms. The van der Waals surface area contributed by atoms with Crippen LogP contribution < -0.4 is 24.7 Å². The Kier molecular flexibility index (Phi) is 6.18. The van der Waals surface area contributed by atoms with Crippen molar-refractivity contribution in [1.82, 2.24) is 0 Å². The number of rotatable bonds is 6. The molecule has 0 unspecified atom stereocenters. The Morgan fingerprint density at radius 1 is 0.677 bits per heavy atom. The fourth-order valence-corrected chi connectivity index (χ4v) is 3.41. The van der Waals surface area contributed by atoms with E-state index in [4.69, 9.17) is 24.7 Å². The van der Waals surface area contributed by atoms with Crippen molar-refractivity contribution in [3.63, 3.8) is 0 Å². The molecule has 2 N–H and O–H groups in total. The van der Waals surface area contributed by atoms with E-state index >= 15 is 0 Å². The van der Waals surface area contributed by atoms with Gasteiger partial charge in [0, 0.05) is 11.1 Å². The topological polar surface area (TPSA) is 111 Å². The minimum atomic E-state index is 0.113. The molecule has 0 saturated heterocycles. The third-order valence-corrected chi connectivity index (χ3v) is 4.97. The lowest BCUT2D eigenvalue weighted by molar-refractivity contribution is 0.324. The normalized spacial score (nSPS) is 10.0. The van der Waals surface area contributed by atoms with Gasteiger partial charge in [-0.15, -0.1) is 0 Å². The first-order chi connectivity index (χ1) is 15.0. The van der Waals surface area contributed by atoms with Crippen LogP contribution in [0.2, 0.25) is 0 Å². The molecule has 156 valence electrons. The number of ether oxygens (including phenoxy) is 4. The van der Waals surface area contributed by atoms with Crippen LogP contribution in [-0.4, -0.2) is 28.4 Å². The molecule has 0 bridgehead atoms. The molecule has 3 rings (SSSR count). The number of nitrogen functional groups attached to an aromatic ring is 1. The van der Waals surface area contributed by atoms with Gasteiger partial charge in [0.1, 0.15) is 17.9 Å². The minimum absolute atomic E-state index is 0.113. The second-order valence-corrected chi connectivity index (χ2v) is 6.50. The summed E-state index contributed by atoms with van der Waals surface area (Å²) in [5, 5.41) is 19.6. The van der Waals surface area contributed by atoms with Gasteiger partial charge in [0.15, 0.2) is 11.5 Å². The first kappa shape index (κ1) is 21.4. The van der Waals surface area contributed by atoms with E-state index in [-0.39, 0.29) is 16.8 Å². The van der Waals surface area contributed by atoms with Crippen LogP contribution in [0.15, 0.2) is 42.5 Å². The molecule has 0 amide bonds. The molecule has 0 aliphatic heterocycles. The quantitative estimate of drug-likeness (QED) is 0.595. The summed E-state index contributed by atoms with van der Waals surface area (Å²) in [6.07, 6.45) is 0. The highest BCUT2D eigenvalue weighted by Crippen LogP contribution is 2.44. The Hall–Kier alpha value is -4.36. The average Bonchev–Trinajstić information content (AvgIpc) is 2.82. The Balaban J connectivity index is 2.34. The summed E-state index contributed by atoms with van der Waals surface area (Å²) in [7, 11) is 6.13. The Labute approximate surface area is 180 Å². The zero-order chi connectivity index (χ0) is 22.5. The van der Waals surface area contributed by atoms with Gasteiger partial charge in [-0.25, -0.2) is 0 Å². The molecule has 0 atom stereocenters. The molecule has 0 spiro atoms. The Morgan fingerprint density at radius 2 is 1.19 bits per heavy atom. The summed E-state index contributed by atoms with van der Waals surface area (Å²) in [5.41, 5.74) is 9.37. The number of benzene rings is 3. The number of hydrogen-bond acceptors (Lipinski definition) is 7. The lowest BCUT2D eigenvalue weighted by Crippen LogP contribution is -2.02. The minimum Gasteiger partial charge on any atom is -0.497 e. The van der Waals surface area contributed by atoms with E-state index in [0.29, 0.717) is 39.7 Å². The molecule has 0 saturated carbocycles. The number of hydrogen-bond donors (Lipinski definition) is 1. The Bertz CT molecular complexity index is 1180. The van der Waals surface area contributed by atoms with Crippen molar-refractivity contribution in [2.75, 3.05) is 34.2 Å². The van der Waals surface area contributed by atoms with Crippen LogP contribution >= 0.6 is 0 Å². The van der Waals surface area contributed by atoms with Gasteiger partial charge < -0.3 is 24.7 Å². The van der Waals surface area contributed by atoms with E-state index in [1.807, 2.05) is 12.1 Å². The van der Waals surface area contributed by atoms with Gasteiger partial charge in [0.05, 0.1) is 45.3 Å². The van der Waals surface area contributed by atoms with Crippen molar-refractivity contribution in [2.24, 2.45) is 0 Å². The number of anilines is 1. The standard InChI is InChI=1S/C24H21N3O4/c1-28-16-7-5-14(6-8-16)17-11-18(20(13-26)23(27)19(17)12-25)15-9-21(29-2)24(31-4)22(10-15)30-3/h5-11H,27H2,1-4H3. The number of nitriles is 2. The van der Waals surface area contributed by atoms with Crippen LogP contribution in [0.25, 0.3) is 22.3 Å². The highest BCUT2D eigenvalue weighted by Gasteiger charge is 2.21. The van der Waals surface area contributed by atoms with E-state index in [9.17, 15) is 10.5 Å². The van der Waals surface area contributed by atoms with Crippen molar-refractivity contribution in [3.8, 4) is 57.4 Å². The van der Waals surface area contributed by atoms with Gasteiger partial charge in [0.25, 0.3) is 0 Å². The molecule has 0 heterocycles. The third kappa shape index (κ3) is 3.77. The molecule has 0 aliphatic rings. The van der Waals surface area contributed by atoms with Crippen LogP contribution in [0.5, 0.6) is 23.0 Å². The van der Waals surface area contributed by atoms with Crippen molar-refractivity contribution >= 4 is 5.69 Å². The third-order valence-electron chi connectivity index (χ3n) is 4.97. The van der Waals surface area contributed by atoms with Crippen LogP contribution in [0.1, 0.15) is 11.1 Å². The average molecular weight is 415 g/mol. The summed E-state index contributed by atoms with van der Waals surface area (Å²) >= 11 is 0. The molecule has 7 heteroatoms. The predicted octanol–water partition coefficient (Wildman–Crippen LogP) is 4.38. The van der Waals surface area contributed by atoms with Crippen LogP contribution in [0, 0.1) is 22.7 Å². The van der Waals surface area contributed by atoms with E-state index < -0.39 is 0 Å². The molecule has 0 aromatic heterocycles. The largest absolute Gasteiger partial charge is 0.497 e. The van der Waals surface area contributed by atoms with Crippen molar-refractivity contribution in [1.29, 1.82) is 10.5 Å². The second-order valence-electron chi connectivity index (χ2n) is 6.50. The summed E-state index contributed by atoms with van der Waals surface area (Å²) in [5.74, 6) is 2.00. The molecular formula is C24H21N3O4.